The molecule has 0 saturated carbocycles. The molecule has 0 unspecified atom stereocenters. The van der Waals surface area contributed by atoms with Gasteiger partial charge in [0.05, 0.1) is 25.5 Å². The van der Waals surface area contributed by atoms with E-state index in [4.69, 9.17) is 9.47 Å². The lowest BCUT2D eigenvalue weighted by Gasteiger charge is -2.24. The minimum Gasteiger partial charge on any atom is -0.494 e. The van der Waals surface area contributed by atoms with Gasteiger partial charge in [0.15, 0.2) is 27.5 Å². The molecule has 0 fully saturated rings. The van der Waals surface area contributed by atoms with Gasteiger partial charge in [-0.15, -0.1) is 0 Å². The molecule has 36 heavy (non-hydrogen) atoms. The summed E-state index contributed by atoms with van der Waals surface area (Å²) in [4.78, 5) is 18.4. The van der Waals surface area contributed by atoms with Crippen LogP contribution < -0.4 is 9.47 Å². The van der Waals surface area contributed by atoms with Crippen LogP contribution in [0.2, 0.25) is 0 Å². The Kier molecular flexibility index (Phi) is 6.41. The fourth-order valence-electron chi connectivity index (χ4n) is 3.67. The van der Waals surface area contributed by atoms with Gasteiger partial charge in [0, 0.05) is 24.6 Å². The highest BCUT2D eigenvalue weighted by Gasteiger charge is 2.40. The Morgan fingerprint density at radius 2 is 1.89 bits per heavy atom. The lowest BCUT2D eigenvalue weighted by Crippen LogP contribution is -2.33. The molecule has 2 aromatic heterocycles. The van der Waals surface area contributed by atoms with Crippen LogP contribution in [-0.4, -0.2) is 59.6 Å². The zero-order chi connectivity index (χ0) is 26.4. The van der Waals surface area contributed by atoms with Crippen molar-refractivity contribution in [2.75, 3.05) is 13.4 Å². The third kappa shape index (κ3) is 4.85. The number of rotatable bonds is 6. The number of halogens is 4. The summed E-state index contributed by atoms with van der Waals surface area (Å²) in [6, 6.07) is 4.68. The molecule has 0 bridgehead atoms. The molecule has 0 radical (unpaired) electrons. The molecule has 1 atom stereocenters. The standard InChI is InChI=1S/C22H20F4N4O5S/c1-12(22(24,25)26)35-16-5-6-17(36(3,32)33)20(34-2)19(16)21(31)29-9-13-10-30(28-15(13)11-29)18-7-4-14(23)8-27-18/h4-8,10,12H,9,11H2,1-3H3/t12-/m0/s1. The molecule has 0 spiro atoms. The van der Waals surface area contributed by atoms with Crippen LogP contribution in [0.4, 0.5) is 17.6 Å². The monoisotopic (exact) mass is 528 g/mol. The number of hydrogen-bond donors (Lipinski definition) is 0. The van der Waals surface area contributed by atoms with Crippen LogP contribution in [0.5, 0.6) is 11.5 Å². The first-order valence-corrected chi connectivity index (χ1v) is 12.3. The predicted molar refractivity (Wildman–Crippen MR) is 117 cm³/mol. The molecule has 1 amide bonds. The molecule has 4 rings (SSSR count). The average molecular weight is 528 g/mol. The number of alkyl halides is 3. The summed E-state index contributed by atoms with van der Waals surface area (Å²) >= 11 is 0. The molecule has 9 nitrogen and oxygen atoms in total. The highest BCUT2D eigenvalue weighted by molar-refractivity contribution is 7.90. The first-order chi connectivity index (χ1) is 16.8. The van der Waals surface area contributed by atoms with Crippen molar-refractivity contribution in [2.45, 2.75) is 37.2 Å². The predicted octanol–water partition coefficient (Wildman–Crippen LogP) is 3.30. The van der Waals surface area contributed by atoms with E-state index >= 15 is 0 Å². The SMILES string of the molecule is COc1c(S(C)(=O)=O)ccc(O[C@@H](C)C(F)(F)F)c1C(=O)N1Cc2cn(-c3ccc(F)cn3)nc2C1. The molecule has 1 aliphatic heterocycles. The Labute approximate surface area is 203 Å². The number of carbonyl (C=O) groups excluding carboxylic acids is 1. The summed E-state index contributed by atoms with van der Waals surface area (Å²) in [5.41, 5.74) is 0.660. The number of pyridine rings is 1. The van der Waals surface area contributed by atoms with Crippen LogP contribution in [0.25, 0.3) is 5.82 Å². The zero-order valence-corrected chi connectivity index (χ0v) is 20.0. The van der Waals surface area contributed by atoms with Crippen LogP contribution in [-0.2, 0) is 22.9 Å². The van der Waals surface area contributed by atoms with E-state index in [9.17, 15) is 30.8 Å². The van der Waals surface area contributed by atoms with Gasteiger partial charge < -0.3 is 14.4 Å². The maximum absolute atomic E-state index is 13.5. The van der Waals surface area contributed by atoms with Crippen molar-refractivity contribution in [3.05, 3.63) is 59.3 Å². The second-order valence-electron chi connectivity index (χ2n) is 8.09. The molecule has 192 valence electrons. The Balaban J connectivity index is 1.69. The molecule has 0 saturated heterocycles. The summed E-state index contributed by atoms with van der Waals surface area (Å²) in [7, 11) is -2.80. The van der Waals surface area contributed by atoms with Crippen LogP contribution in [0, 0.1) is 5.82 Å². The Bertz CT molecular complexity index is 1400. The second-order valence-corrected chi connectivity index (χ2v) is 10.1. The molecule has 0 aliphatic carbocycles. The van der Waals surface area contributed by atoms with Crippen molar-refractivity contribution >= 4 is 15.7 Å². The Morgan fingerprint density at radius 1 is 1.17 bits per heavy atom. The molecular formula is C22H20F4N4O5S. The van der Waals surface area contributed by atoms with Gasteiger partial charge in [-0.25, -0.2) is 22.5 Å². The van der Waals surface area contributed by atoms with Gasteiger partial charge >= 0.3 is 6.18 Å². The number of ether oxygens (including phenoxy) is 2. The Morgan fingerprint density at radius 3 is 2.44 bits per heavy atom. The van der Waals surface area contributed by atoms with Crippen molar-refractivity contribution in [1.82, 2.24) is 19.7 Å². The largest absolute Gasteiger partial charge is 0.494 e. The number of nitrogens with zero attached hydrogens (tertiary/aromatic N) is 4. The van der Waals surface area contributed by atoms with Crippen molar-refractivity contribution in [2.24, 2.45) is 0 Å². The number of methoxy groups -OCH3 is 1. The number of aromatic nitrogens is 3. The van der Waals surface area contributed by atoms with Gasteiger partial charge in [0.25, 0.3) is 5.91 Å². The van der Waals surface area contributed by atoms with E-state index in [1.807, 2.05) is 0 Å². The first-order valence-electron chi connectivity index (χ1n) is 10.4. The minimum atomic E-state index is -4.73. The molecule has 3 aromatic rings. The quantitative estimate of drug-likeness (QED) is 0.453. The first kappa shape index (κ1) is 25.4. The van der Waals surface area contributed by atoms with Gasteiger partial charge in [-0.1, -0.05) is 0 Å². The lowest BCUT2D eigenvalue weighted by atomic mass is 10.1. The third-order valence-corrected chi connectivity index (χ3v) is 6.60. The van der Waals surface area contributed by atoms with Crippen LogP contribution in [0.15, 0.2) is 41.6 Å². The summed E-state index contributed by atoms with van der Waals surface area (Å²) in [6.07, 6.45) is -3.50. The van der Waals surface area contributed by atoms with E-state index in [0.717, 1.165) is 38.6 Å². The minimum absolute atomic E-state index is 0.0237. The Hall–Kier alpha value is -3.68. The number of hydrogen-bond acceptors (Lipinski definition) is 7. The number of fused-ring (bicyclic) bond motifs is 1. The number of carbonyl (C=O) groups is 1. The third-order valence-electron chi connectivity index (χ3n) is 5.48. The fraction of sp³-hybridized carbons (Fsp3) is 0.318. The average Bonchev–Trinajstić information content (AvgIpc) is 3.37. The molecular weight excluding hydrogens is 508 g/mol. The number of sulfone groups is 1. The number of benzene rings is 1. The van der Waals surface area contributed by atoms with Crippen molar-refractivity contribution < 1.29 is 40.2 Å². The fourth-order valence-corrected chi connectivity index (χ4v) is 4.51. The van der Waals surface area contributed by atoms with Gasteiger partial charge in [0.2, 0.25) is 0 Å². The van der Waals surface area contributed by atoms with Gasteiger partial charge in [-0.3, -0.25) is 4.79 Å². The highest BCUT2D eigenvalue weighted by atomic mass is 32.2. The van der Waals surface area contributed by atoms with Crippen molar-refractivity contribution in [3.63, 3.8) is 0 Å². The zero-order valence-electron chi connectivity index (χ0n) is 19.2. The second kappa shape index (κ2) is 9.08. The molecule has 1 aromatic carbocycles. The maximum Gasteiger partial charge on any atom is 0.425 e. The smallest absolute Gasteiger partial charge is 0.425 e. The van der Waals surface area contributed by atoms with E-state index in [0.29, 0.717) is 17.1 Å². The van der Waals surface area contributed by atoms with E-state index in [-0.39, 0.29) is 18.0 Å². The van der Waals surface area contributed by atoms with Crippen molar-refractivity contribution in [1.29, 1.82) is 0 Å². The normalized spacial score (nSPS) is 14.5. The lowest BCUT2D eigenvalue weighted by molar-refractivity contribution is -0.189. The van der Waals surface area contributed by atoms with Gasteiger partial charge in [-0.2, -0.15) is 18.3 Å². The maximum atomic E-state index is 13.5. The van der Waals surface area contributed by atoms with E-state index in [1.165, 1.54) is 21.7 Å². The summed E-state index contributed by atoms with van der Waals surface area (Å²) in [5.74, 6) is -1.86. The summed E-state index contributed by atoms with van der Waals surface area (Å²) < 4.78 is 88.8. The van der Waals surface area contributed by atoms with E-state index < -0.39 is 50.9 Å². The van der Waals surface area contributed by atoms with E-state index in [1.54, 1.807) is 6.20 Å². The van der Waals surface area contributed by atoms with Crippen LogP contribution >= 0.6 is 0 Å². The molecule has 3 heterocycles. The van der Waals surface area contributed by atoms with Crippen molar-refractivity contribution in [3.8, 4) is 17.3 Å². The van der Waals surface area contributed by atoms with E-state index in [2.05, 4.69) is 10.1 Å². The molecule has 14 heteroatoms. The van der Waals surface area contributed by atoms with Gasteiger partial charge in [-0.05, 0) is 31.2 Å². The molecule has 1 aliphatic rings. The van der Waals surface area contributed by atoms with Gasteiger partial charge in [0.1, 0.15) is 22.0 Å². The van der Waals surface area contributed by atoms with Crippen LogP contribution in [0.1, 0.15) is 28.5 Å². The highest BCUT2D eigenvalue weighted by Crippen LogP contribution is 2.39. The summed E-state index contributed by atoms with van der Waals surface area (Å²) in [6.45, 7) is 0.766. The molecule has 0 N–H and O–H groups in total. The summed E-state index contributed by atoms with van der Waals surface area (Å²) in [5, 5.41) is 4.35. The topological polar surface area (TPSA) is 104 Å². The number of amides is 1. The van der Waals surface area contributed by atoms with Crippen LogP contribution in [0.3, 0.4) is 0 Å².